The maximum atomic E-state index is 15.5. The Balaban J connectivity index is 1.42. The molecule has 1 aliphatic carbocycles. The maximum Gasteiger partial charge on any atom is 0.273 e. The molecule has 2 aliphatic rings. The van der Waals surface area contributed by atoms with Gasteiger partial charge in [-0.15, -0.1) is 0 Å². The van der Waals surface area contributed by atoms with Gasteiger partial charge in [-0.3, -0.25) is 9.69 Å². The maximum absolute atomic E-state index is 15.5. The predicted molar refractivity (Wildman–Crippen MR) is 146 cm³/mol. The quantitative estimate of drug-likeness (QED) is 0.508. The van der Waals surface area contributed by atoms with E-state index in [0.29, 0.717) is 17.6 Å². The summed E-state index contributed by atoms with van der Waals surface area (Å²) in [4.78, 5) is 28.4. The lowest BCUT2D eigenvalue weighted by Crippen LogP contribution is -2.49. The molecule has 8 nitrogen and oxygen atoms in total. The number of carbonyl (C=O) groups is 1. The molecule has 0 atom stereocenters. The first-order valence-electron chi connectivity index (χ1n) is 13.4. The number of hydrogen-bond donors (Lipinski definition) is 1. The fourth-order valence-corrected chi connectivity index (χ4v) is 5.73. The molecule has 198 valence electrons. The highest BCUT2D eigenvalue weighted by molar-refractivity contribution is 5.98. The van der Waals surface area contributed by atoms with Gasteiger partial charge in [0.25, 0.3) is 5.91 Å². The van der Waals surface area contributed by atoms with E-state index >= 15 is 4.39 Å². The smallest absolute Gasteiger partial charge is 0.273 e. The van der Waals surface area contributed by atoms with E-state index in [0.717, 1.165) is 57.5 Å². The number of halogens is 1. The third-order valence-electron chi connectivity index (χ3n) is 7.82. The summed E-state index contributed by atoms with van der Waals surface area (Å²) in [6.45, 7) is 10.8. The van der Waals surface area contributed by atoms with E-state index in [-0.39, 0.29) is 23.0 Å². The van der Waals surface area contributed by atoms with Crippen LogP contribution < -0.4 is 10.2 Å². The normalized spacial score (nSPS) is 17.2. The molecule has 1 aliphatic heterocycles. The van der Waals surface area contributed by atoms with Crippen molar-refractivity contribution in [2.24, 2.45) is 0 Å². The summed E-state index contributed by atoms with van der Waals surface area (Å²) in [5.41, 5.74) is 3.86. The van der Waals surface area contributed by atoms with E-state index in [2.05, 4.69) is 53.0 Å². The predicted octanol–water partition coefficient (Wildman–Crippen LogP) is 4.97. The fourth-order valence-electron chi connectivity index (χ4n) is 5.73. The van der Waals surface area contributed by atoms with Crippen molar-refractivity contribution in [3.05, 3.63) is 41.5 Å². The number of carbonyl (C=O) groups excluding carboxylic acids is 1. The zero-order valence-electron chi connectivity index (χ0n) is 22.6. The Bertz CT molecular complexity index is 1290. The highest BCUT2D eigenvalue weighted by atomic mass is 19.1. The number of hydrogen-bond acceptors (Lipinski definition) is 6. The van der Waals surface area contributed by atoms with Crippen molar-refractivity contribution >= 4 is 34.3 Å². The van der Waals surface area contributed by atoms with Crippen molar-refractivity contribution in [1.82, 2.24) is 24.3 Å². The monoisotopic (exact) mass is 507 g/mol. The molecule has 2 fully saturated rings. The number of anilines is 3. The SMILES string of the molecule is Cc1cc(Nc2ncc3c(F)c(C(=O)N(C)C)n(C4CCCC4)c3n2)ccc1N1CCN(C(C)C)CC1. The first-order valence-corrected chi connectivity index (χ1v) is 13.4. The molecule has 0 bridgehead atoms. The Labute approximate surface area is 218 Å². The molecule has 0 spiro atoms. The van der Waals surface area contributed by atoms with Gasteiger partial charge in [-0.25, -0.2) is 9.37 Å². The molecule has 1 amide bonds. The molecule has 1 saturated carbocycles. The van der Waals surface area contributed by atoms with E-state index in [1.807, 2.05) is 10.6 Å². The summed E-state index contributed by atoms with van der Waals surface area (Å²) in [5, 5.41) is 3.59. The van der Waals surface area contributed by atoms with Crippen LogP contribution >= 0.6 is 0 Å². The van der Waals surface area contributed by atoms with Gasteiger partial charge in [0.2, 0.25) is 5.95 Å². The topological polar surface area (TPSA) is 69.5 Å². The number of amides is 1. The van der Waals surface area contributed by atoms with Gasteiger partial charge in [-0.05, 0) is 57.4 Å². The molecule has 3 heterocycles. The average Bonchev–Trinajstić information content (AvgIpc) is 3.50. The number of rotatable bonds is 6. The number of piperazine rings is 1. The van der Waals surface area contributed by atoms with E-state index in [1.54, 1.807) is 14.1 Å². The number of nitrogens with one attached hydrogen (secondary N) is 1. The van der Waals surface area contributed by atoms with Gasteiger partial charge < -0.3 is 19.7 Å². The minimum atomic E-state index is -0.537. The third kappa shape index (κ3) is 4.89. The van der Waals surface area contributed by atoms with Crippen LogP contribution in [-0.4, -0.2) is 76.6 Å². The van der Waals surface area contributed by atoms with Crippen molar-refractivity contribution < 1.29 is 9.18 Å². The lowest BCUT2D eigenvalue weighted by molar-refractivity contribution is 0.0810. The zero-order valence-corrected chi connectivity index (χ0v) is 22.6. The van der Waals surface area contributed by atoms with Crippen LogP contribution in [0.1, 0.15) is 61.6 Å². The Hall–Kier alpha value is -3.20. The van der Waals surface area contributed by atoms with Gasteiger partial charge in [0, 0.05) is 69.9 Å². The van der Waals surface area contributed by atoms with Crippen LogP contribution in [0.15, 0.2) is 24.4 Å². The van der Waals surface area contributed by atoms with Crippen molar-refractivity contribution in [2.45, 2.75) is 58.5 Å². The third-order valence-corrected chi connectivity index (χ3v) is 7.82. The molecule has 0 unspecified atom stereocenters. The Kier molecular flexibility index (Phi) is 7.07. The van der Waals surface area contributed by atoms with Gasteiger partial charge in [-0.2, -0.15) is 4.98 Å². The van der Waals surface area contributed by atoms with Crippen molar-refractivity contribution in [2.75, 3.05) is 50.5 Å². The number of nitrogens with zero attached hydrogens (tertiary/aromatic N) is 6. The van der Waals surface area contributed by atoms with Crippen LogP contribution in [0.3, 0.4) is 0 Å². The summed E-state index contributed by atoms with van der Waals surface area (Å²) in [6.07, 6.45) is 5.45. The fraction of sp³-hybridized carbons (Fsp3) is 0.536. The number of aromatic nitrogens is 3. The van der Waals surface area contributed by atoms with Crippen LogP contribution in [0.2, 0.25) is 0 Å². The van der Waals surface area contributed by atoms with Crippen molar-refractivity contribution in [3.8, 4) is 0 Å². The van der Waals surface area contributed by atoms with E-state index < -0.39 is 5.82 Å². The summed E-state index contributed by atoms with van der Waals surface area (Å²) in [7, 11) is 3.29. The minimum Gasteiger partial charge on any atom is -0.369 e. The Morgan fingerprint density at radius 1 is 1.14 bits per heavy atom. The van der Waals surface area contributed by atoms with Crippen LogP contribution in [0.4, 0.5) is 21.7 Å². The van der Waals surface area contributed by atoms with Crippen LogP contribution in [0, 0.1) is 12.7 Å². The van der Waals surface area contributed by atoms with Crippen molar-refractivity contribution in [1.29, 1.82) is 0 Å². The molecule has 5 rings (SSSR count). The second-order valence-corrected chi connectivity index (χ2v) is 10.8. The van der Waals surface area contributed by atoms with Crippen LogP contribution in [-0.2, 0) is 0 Å². The van der Waals surface area contributed by atoms with Gasteiger partial charge in [0.15, 0.2) is 5.82 Å². The van der Waals surface area contributed by atoms with Crippen LogP contribution in [0.5, 0.6) is 0 Å². The minimum absolute atomic E-state index is 0.0614. The molecule has 1 N–H and O–H groups in total. The standard InChI is InChI=1S/C28H38FN7O/c1-18(2)34-12-14-35(15-13-34)23-11-10-20(16-19(23)3)31-28-30-17-22-24(29)25(27(37)33(4)5)36(26(22)32-28)21-8-6-7-9-21/h10-11,16-18,21H,6-9,12-15H2,1-5H3,(H,30,31,32). The molecule has 1 aromatic carbocycles. The first-order chi connectivity index (χ1) is 17.7. The van der Waals surface area contributed by atoms with E-state index in [1.165, 1.54) is 22.3 Å². The number of benzene rings is 1. The summed E-state index contributed by atoms with van der Waals surface area (Å²) in [6, 6.07) is 6.94. The molecule has 2 aromatic heterocycles. The van der Waals surface area contributed by atoms with Gasteiger partial charge >= 0.3 is 0 Å². The first kappa shape index (κ1) is 25.4. The summed E-state index contributed by atoms with van der Waals surface area (Å²) >= 11 is 0. The highest BCUT2D eigenvalue weighted by Gasteiger charge is 2.31. The molecular formula is C28H38FN7O. The van der Waals surface area contributed by atoms with Gasteiger partial charge in [-0.1, -0.05) is 12.8 Å². The van der Waals surface area contributed by atoms with Gasteiger partial charge in [0.05, 0.1) is 5.39 Å². The zero-order chi connectivity index (χ0) is 26.3. The van der Waals surface area contributed by atoms with E-state index in [9.17, 15) is 4.79 Å². The Morgan fingerprint density at radius 3 is 2.46 bits per heavy atom. The lowest BCUT2D eigenvalue weighted by Gasteiger charge is -2.38. The average molecular weight is 508 g/mol. The second kappa shape index (κ2) is 10.3. The number of aryl methyl sites for hydroxylation is 1. The lowest BCUT2D eigenvalue weighted by atomic mass is 10.1. The number of fused-ring (bicyclic) bond motifs is 1. The second-order valence-electron chi connectivity index (χ2n) is 10.8. The molecule has 3 aromatic rings. The summed E-state index contributed by atoms with van der Waals surface area (Å²) < 4.78 is 17.3. The largest absolute Gasteiger partial charge is 0.369 e. The van der Waals surface area contributed by atoms with E-state index in [4.69, 9.17) is 4.98 Å². The van der Waals surface area contributed by atoms with Crippen LogP contribution in [0.25, 0.3) is 11.0 Å². The van der Waals surface area contributed by atoms with Gasteiger partial charge in [0.1, 0.15) is 11.3 Å². The molecule has 1 saturated heterocycles. The van der Waals surface area contributed by atoms with Crippen molar-refractivity contribution in [3.63, 3.8) is 0 Å². The molecule has 37 heavy (non-hydrogen) atoms. The molecule has 0 radical (unpaired) electrons. The summed E-state index contributed by atoms with van der Waals surface area (Å²) in [5.74, 6) is -0.493. The molecule has 9 heteroatoms. The highest BCUT2D eigenvalue weighted by Crippen LogP contribution is 2.36. The molecular weight excluding hydrogens is 469 g/mol. The Morgan fingerprint density at radius 2 is 1.84 bits per heavy atom.